The van der Waals surface area contributed by atoms with Crippen LogP contribution in [-0.2, 0) is 11.2 Å². The molecule has 0 aromatic heterocycles. The van der Waals surface area contributed by atoms with Gasteiger partial charge in [0, 0.05) is 29.8 Å². The van der Waals surface area contributed by atoms with Crippen molar-refractivity contribution in [3.8, 4) is 0 Å². The van der Waals surface area contributed by atoms with Crippen LogP contribution in [0.1, 0.15) is 30.5 Å². The lowest BCUT2D eigenvalue weighted by molar-refractivity contribution is -0.385. The lowest BCUT2D eigenvalue weighted by atomic mass is 9.89. The third-order valence-corrected chi connectivity index (χ3v) is 4.00. The van der Waals surface area contributed by atoms with Crippen molar-refractivity contribution in [2.75, 3.05) is 0 Å². The van der Waals surface area contributed by atoms with E-state index < -0.39 is 15.8 Å². The number of hydrogen-bond acceptors (Lipinski definition) is 5. The van der Waals surface area contributed by atoms with Crippen molar-refractivity contribution in [2.45, 2.75) is 20.3 Å². The van der Waals surface area contributed by atoms with E-state index in [1.54, 1.807) is 12.1 Å². The van der Waals surface area contributed by atoms with Gasteiger partial charge >= 0.3 is 5.97 Å². The summed E-state index contributed by atoms with van der Waals surface area (Å²) in [7, 11) is 0. The monoisotopic (exact) mass is 356 g/mol. The Bertz CT molecular complexity index is 933. The maximum atomic E-state index is 11.6. The number of rotatable bonds is 6. The van der Waals surface area contributed by atoms with Gasteiger partial charge in [-0.25, -0.2) is 4.79 Å². The maximum absolute atomic E-state index is 11.6. The fourth-order valence-electron chi connectivity index (χ4n) is 2.67. The molecule has 2 rings (SSSR count). The van der Waals surface area contributed by atoms with Gasteiger partial charge in [0.05, 0.1) is 9.85 Å². The zero-order valence-electron chi connectivity index (χ0n) is 14.1. The van der Waals surface area contributed by atoms with Crippen LogP contribution in [0.2, 0.25) is 0 Å². The number of nitro benzene ring substituents is 2. The zero-order valence-corrected chi connectivity index (χ0v) is 14.1. The number of carbonyl (C=O) groups is 1. The summed E-state index contributed by atoms with van der Waals surface area (Å²) in [6, 6.07) is 9.78. The Morgan fingerprint density at radius 2 is 1.65 bits per heavy atom. The van der Waals surface area contributed by atoms with Crippen molar-refractivity contribution < 1.29 is 19.7 Å². The minimum atomic E-state index is -1.21. The fourth-order valence-corrected chi connectivity index (χ4v) is 2.67. The summed E-state index contributed by atoms with van der Waals surface area (Å²) in [5, 5.41) is 31.7. The fraction of sp³-hybridized carbons (Fsp3) is 0.167. The number of carboxylic acid groups (broad SMARTS) is 1. The smallest absolute Gasteiger partial charge is 0.331 e. The molecule has 134 valence electrons. The Labute approximate surface area is 148 Å². The molecule has 0 fully saturated rings. The van der Waals surface area contributed by atoms with E-state index in [1.165, 1.54) is 37.3 Å². The number of nitrogens with zero attached hydrogens (tertiary/aromatic N) is 2. The van der Waals surface area contributed by atoms with E-state index >= 15 is 0 Å². The summed E-state index contributed by atoms with van der Waals surface area (Å²) < 4.78 is 0. The van der Waals surface area contributed by atoms with E-state index in [0.29, 0.717) is 23.1 Å². The quantitative estimate of drug-likeness (QED) is 0.474. The molecule has 2 aromatic carbocycles. The minimum absolute atomic E-state index is 0.0549. The van der Waals surface area contributed by atoms with Crippen LogP contribution in [0.15, 0.2) is 48.0 Å². The van der Waals surface area contributed by atoms with E-state index in [1.807, 2.05) is 6.92 Å². The first-order valence-corrected chi connectivity index (χ1v) is 7.73. The lowest BCUT2D eigenvalue weighted by Crippen LogP contribution is -2.05. The molecule has 0 saturated carbocycles. The highest BCUT2D eigenvalue weighted by Crippen LogP contribution is 2.34. The predicted octanol–water partition coefficient (Wildman–Crippen LogP) is 3.97. The van der Waals surface area contributed by atoms with Crippen molar-refractivity contribution in [1.29, 1.82) is 0 Å². The predicted molar refractivity (Wildman–Crippen MR) is 94.9 cm³/mol. The summed E-state index contributed by atoms with van der Waals surface area (Å²) >= 11 is 0. The summed E-state index contributed by atoms with van der Waals surface area (Å²) in [4.78, 5) is 32.7. The average molecular weight is 356 g/mol. The first-order chi connectivity index (χ1) is 12.3. The van der Waals surface area contributed by atoms with Crippen LogP contribution in [0, 0.1) is 20.2 Å². The van der Waals surface area contributed by atoms with E-state index in [9.17, 15) is 30.1 Å². The number of carboxylic acids is 1. The SMILES string of the molecule is CCc1ccc([N+](=O)[O-])cc1C(=C(C)C(=O)O)c1cccc([N+](=O)[O-])c1. The van der Waals surface area contributed by atoms with E-state index in [2.05, 4.69) is 0 Å². The van der Waals surface area contributed by atoms with Crippen LogP contribution >= 0.6 is 0 Å². The first kappa shape index (κ1) is 18.8. The van der Waals surface area contributed by atoms with Crippen LogP contribution in [-0.4, -0.2) is 20.9 Å². The number of aliphatic carboxylic acids is 1. The topological polar surface area (TPSA) is 124 Å². The molecule has 0 aliphatic heterocycles. The van der Waals surface area contributed by atoms with Crippen LogP contribution < -0.4 is 0 Å². The van der Waals surface area contributed by atoms with Crippen LogP contribution in [0.5, 0.6) is 0 Å². The Morgan fingerprint density at radius 3 is 2.19 bits per heavy atom. The maximum Gasteiger partial charge on any atom is 0.331 e. The molecule has 26 heavy (non-hydrogen) atoms. The molecule has 0 spiro atoms. The molecule has 1 N–H and O–H groups in total. The molecule has 8 nitrogen and oxygen atoms in total. The Balaban J connectivity index is 2.84. The summed E-state index contributed by atoms with van der Waals surface area (Å²) in [6.45, 7) is 3.21. The normalized spacial score (nSPS) is 11.6. The van der Waals surface area contributed by atoms with E-state index in [4.69, 9.17) is 0 Å². The Hall–Kier alpha value is -3.55. The van der Waals surface area contributed by atoms with Crippen molar-refractivity contribution in [2.24, 2.45) is 0 Å². The molecule has 0 atom stereocenters. The van der Waals surface area contributed by atoms with Gasteiger partial charge in [-0.05, 0) is 35.6 Å². The summed E-state index contributed by atoms with van der Waals surface area (Å²) in [5.74, 6) is -1.21. The molecular weight excluding hydrogens is 340 g/mol. The van der Waals surface area contributed by atoms with Gasteiger partial charge in [-0.2, -0.15) is 0 Å². The van der Waals surface area contributed by atoms with E-state index in [-0.39, 0.29) is 22.5 Å². The second-order valence-corrected chi connectivity index (χ2v) is 5.56. The van der Waals surface area contributed by atoms with Gasteiger partial charge < -0.3 is 5.11 Å². The highest BCUT2D eigenvalue weighted by atomic mass is 16.6. The number of aryl methyl sites for hydroxylation is 1. The molecule has 0 saturated heterocycles. The van der Waals surface area contributed by atoms with Gasteiger partial charge in [0.15, 0.2) is 0 Å². The second-order valence-electron chi connectivity index (χ2n) is 5.56. The first-order valence-electron chi connectivity index (χ1n) is 7.73. The number of hydrogen-bond donors (Lipinski definition) is 1. The lowest BCUT2D eigenvalue weighted by Gasteiger charge is -2.15. The van der Waals surface area contributed by atoms with Crippen LogP contribution in [0.25, 0.3) is 5.57 Å². The molecule has 8 heteroatoms. The Morgan fingerprint density at radius 1 is 1.04 bits per heavy atom. The highest BCUT2D eigenvalue weighted by Gasteiger charge is 2.21. The number of nitro groups is 2. The van der Waals surface area contributed by atoms with Crippen LogP contribution in [0.3, 0.4) is 0 Å². The number of non-ortho nitro benzene ring substituents is 2. The minimum Gasteiger partial charge on any atom is -0.478 e. The highest BCUT2D eigenvalue weighted by molar-refractivity contribution is 6.01. The third kappa shape index (κ3) is 3.75. The van der Waals surface area contributed by atoms with E-state index in [0.717, 1.165) is 0 Å². The molecule has 0 amide bonds. The van der Waals surface area contributed by atoms with Gasteiger partial charge in [0.2, 0.25) is 0 Å². The van der Waals surface area contributed by atoms with Gasteiger partial charge in [-0.3, -0.25) is 20.2 Å². The van der Waals surface area contributed by atoms with Crippen molar-refractivity contribution in [3.05, 3.63) is 85.0 Å². The summed E-state index contributed by atoms with van der Waals surface area (Å²) in [5.41, 5.74) is 1.19. The molecule has 0 bridgehead atoms. The summed E-state index contributed by atoms with van der Waals surface area (Å²) in [6.07, 6.45) is 0.513. The number of benzene rings is 2. The van der Waals surface area contributed by atoms with Crippen molar-refractivity contribution in [3.63, 3.8) is 0 Å². The van der Waals surface area contributed by atoms with Crippen molar-refractivity contribution >= 4 is 22.9 Å². The van der Waals surface area contributed by atoms with Gasteiger partial charge in [0.25, 0.3) is 11.4 Å². The third-order valence-electron chi connectivity index (χ3n) is 4.00. The van der Waals surface area contributed by atoms with Crippen LogP contribution in [0.4, 0.5) is 11.4 Å². The molecule has 0 aliphatic rings. The average Bonchev–Trinajstić information content (AvgIpc) is 2.61. The van der Waals surface area contributed by atoms with Gasteiger partial charge in [0.1, 0.15) is 0 Å². The molecule has 0 aliphatic carbocycles. The zero-order chi connectivity index (χ0) is 19.4. The molecule has 2 aromatic rings. The largest absolute Gasteiger partial charge is 0.478 e. The standard InChI is InChI=1S/C18H16N2O6/c1-3-12-7-8-15(20(25)26)10-16(12)17(11(2)18(21)22)13-5-4-6-14(9-13)19(23)24/h4-10H,3H2,1-2H3,(H,21,22). The molecule has 0 radical (unpaired) electrons. The second kappa shape index (κ2) is 7.56. The molecule has 0 heterocycles. The van der Waals surface area contributed by atoms with Crippen molar-refractivity contribution in [1.82, 2.24) is 0 Å². The van der Waals surface area contributed by atoms with Gasteiger partial charge in [-0.15, -0.1) is 0 Å². The Kier molecular flexibility index (Phi) is 5.46. The molecule has 0 unspecified atom stereocenters. The van der Waals surface area contributed by atoms with Gasteiger partial charge in [-0.1, -0.05) is 25.1 Å². The molecular formula is C18H16N2O6.